The molecular weight excluding hydrogens is 293 g/mol. The van der Waals surface area contributed by atoms with Crippen LogP contribution in [0.25, 0.3) is 11.3 Å². The van der Waals surface area contributed by atoms with Gasteiger partial charge in [0.05, 0.1) is 15.7 Å². The molecule has 3 nitrogen and oxygen atoms in total. The Hall–Kier alpha value is -1.19. The molecule has 1 aromatic carbocycles. The fourth-order valence-electron chi connectivity index (χ4n) is 2.70. The molecule has 106 valence electrons. The summed E-state index contributed by atoms with van der Waals surface area (Å²) in [5.74, 6) is 1.14. The number of aromatic nitrogens is 2. The third-order valence-electron chi connectivity index (χ3n) is 3.70. The number of nitrogens with zero attached hydrogens (tertiary/aromatic N) is 2. The second kappa shape index (κ2) is 5.66. The molecule has 1 aliphatic heterocycles. The molecule has 2 heterocycles. The fourth-order valence-corrected chi connectivity index (χ4v) is 3.09. The first-order chi connectivity index (χ1) is 9.72. The van der Waals surface area contributed by atoms with Gasteiger partial charge >= 0.3 is 0 Å². The molecule has 0 saturated heterocycles. The largest absolute Gasteiger partial charge is 0.370 e. The van der Waals surface area contributed by atoms with Crippen LogP contribution in [-0.2, 0) is 13.0 Å². The molecule has 1 aromatic heterocycles. The molecule has 1 N–H and O–H groups in total. The smallest absolute Gasteiger partial charge is 0.128 e. The monoisotopic (exact) mass is 309 g/mol. The lowest BCUT2D eigenvalue weighted by Gasteiger charge is -2.06. The highest BCUT2D eigenvalue weighted by Gasteiger charge is 2.22. The Morgan fingerprint density at radius 3 is 2.95 bits per heavy atom. The van der Waals surface area contributed by atoms with Crippen LogP contribution in [0, 0.1) is 0 Å². The summed E-state index contributed by atoms with van der Waals surface area (Å²) in [5.41, 5.74) is 3.14. The maximum Gasteiger partial charge on any atom is 0.128 e. The molecule has 1 aliphatic rings. The highest BCUT2D eigenvalue weighted by Crippen LogP contribution is 2.38. The minimum Gasteiger partial charge on any atom is -0.370 e. The first-order valence-electron chi connectivity index (χ1n) is 7.00. The van der Waals surface area contributed by atoms with E-state index in [-0.39, 0.29) is 0 Å². The SMILES string of the molecule is CCn1nc(-c2cccc(Cl)c2Cl)c2c1NCCCC2. The van der Waals surface area contributed by atoms with Gasteiger partial charge in [-0.2, -0.15) is 5.10 Å². The summed E-state index contributed by atoms with van der Waals surface area (Å²) in [6.45, 7) is 3.94. The van der Waals surface area contributed by atoms with Crippen molar-refractivity contribution < 1.29 is 0 Å². The van der Waals surface area contributed by atoms with Crippen LogP contribution in [0.1, 0.15) is 25.3 Å². The van der Waals surface area contributed by atoms with E-state index < -0.39 is 0 Å². The highest BCUT2D eigenvalue weighted by molar-refractivity contribution is 6.43. The number of nitrogens with one attached hydrogen (secondary N) is 1. The van der Waals surface area contributed by atoms with Crippen molar-refractivity contribution in [3.8, 4) is 11.3 Å². The van der Waals surface area contributed by atoms with Gasteiger partial charge in [0.1, 0.15) is 5.82 Å². The van der Waals surface area contributed by atoms with Gasteiger partial charge in [-0.1, -0.05) is 35.3 Å². The Labute approximate surface area is 128 Å². The van der Waals surface area contributed by atoms with Gasteiger partial charge in [0, 0.05) is 24.2 Å². The van der Waals surface area contributed by atoms with Crippen molar-refractivity contribution in [2.24, 2.45) is 0 Å². The Balaban J connectivity index is 2.19. The van der Waals surface area contributed by atoms with Crippen molar-refractivity contribution in [2.45, 2.75) is 32.7 Å². The number of aryl methyl sites for hydroxylation is 1. The Kier molecular flexibility index (Phi) is 3.90. The number of hydrogen-bond donors (Lipinski definition) is 1. The Morgan fingerprint density at radius 2 is 2.15 bits per heavy atom. The summed E-state index contributed by atoms with van der Waals surface area (Å²) in [5, 5.41) is 9.39. The number of fused-ring (bicyclic) bond motifs is 1. The third-order valence-corrected chi connectivity index (χ3v) is 4.52. The van der Waals surface area contributed by atoms with Crippen molar-refractivity contribution >= 4 is 29.0 Å². The Bertz CT molecular complexity index is 634. The van der Waals surface area contributed by atoms with Gasteiger partial charge in [-0.15, -0.1) is 0 Å². The molecule has 0 spiro atoms. The topological polar surface area (TPSA) is 29.9 Å². The van der Waals surface area contributed by atoms with E-state index in [9.17, 15) is 0 Å². The van der Waals surface area contributed by atoms with E-state index in [2.05, 4.69) is 12.2 Å². The fraction of sp³-hybridized carbons (Fsp3) is 0.400. The van der Waals surface area contributed by atoms with Crippen molar-refractivity contribution in [1.29, 1.82) is 0 Å². The lowest BCUT2D eigenvalue weighted by atomic mass is 10.0. The summed E-state index contributed by atoms with van der Waals surface area (Å²) in [7, 11) is 0. The molecule has 0 unspecified atom stereocenters. The predicted octanol–water partition coefficient (Wildman–Crippen LogP) is 4.63. The zero-order valence-corrected chi connectivity index (χ0v) is 12.9. The average Bonchev–Trinajstić information content (AvgIpc) is 2.63. The molecule has 0 saturated carbocycles. The van der Waals surface area contributed by atoms with Crippen LogP contribution in [0.3, 0.4) is 0 Å². The van der Waals surface area contributed by atoms with Gasteiger partial charge in [-0.25, -0.2) is 4.68 Å². The minimum absolute atomic E-state index is 0.575. The number of benzene rings is 1. The molecule has 0 bridgehead atoms. The maximum atomic E-state index is 6.36. The molecule has 3 rings (SSSR count). The summed E-state index contributed by atoms with van der Waals surface area (Å²) < 4.78 is 2.02. The van der Waals surface area contributed by atoms with Crippen LogP contribution in [0.4, 0.5) is 5.82 Å². The lowest BCUT2D eigenvalue weighted by molar-refractivity contribution is 0.665. The molecule has 0 aliphatic carbocycles. The van der Waals surface area contributed by atoms with E-state index in [4.69, 9.17) is 28.3 Å². The number of rotatable bonds is 2. The molecule has 0 atom stereocenters. The molecule has 0 fully saturated rings. The quantitative estimate of drug-likeness (QED) is 0.877. The highest BCUT2D eigenvalue weighted by atomic mass is 35.5. The van der Waals surface area contributed by atoms with Gasteiger partial charge in [0.25, 0.3) is 0 Å². The van der Waals surface area contributed by atoms with Crippen LogP contribution >= 0.6 is 23.2 Å². The van der Waals surface area contributed by atoms with Crippen molar-refractivity contribution in [2.75, 3.05) is 11.9 Å². The minimum atomic E-state index is 0.575. The predicted molar refractivity (Wildman–Crippen MR) is 84.8 cm³/mol. The van der Waals surface area contributed by atoms with Gasteiger partial charge in [0.15, 0.2) is 0 Å². The summed E-state index contributed by atoms with van der Waals surface area (Å²) in [6.07, 6.45) is 3.38. The first kappa shape index (κ1) is 13.8. The normalized spacial score (nSPS) is 14.6. The van der Waals surface area contributed by atoms with E-state index >= 15 is 0 Å². The summed E-state index contributed by atoms with van der Waals surface area (Å²) in [4.78, 5) is 0. The first-order valence-corrected chi connectivity index (χ1v) is 7.76. The second-order valence-electron chi connectivity index (χ2n) is 4.98. The van der Waals surface area contributed by atoms with Crippen LogP contribution < -0.4 is 5.32 Å². The van der Waals surface area contributed by atoms with E-state index in [1.54, 1.807) is 6.07 Å². The van der Waals surface area contributed by atoms with E-state index in [0.717, 1.165) is 36.6 Å². The number of hydrogen-bond acceptors (Lipinski definition) is 2. The molecule has 20 heavy (non-hydrogen) atoms. The molecule has 0 amide bonds. The van der Waals surface area contributed by atoms with Crippen LogP contribution in [0.2, 0.25) is 10.0 Å². The maximum absolute atomic E-state index is 6.36. The van der Waals surface area contributed by atoms with Crippen LogP contribution in [0.5, 0.6) is 0 Å². The number of anilines is 1. The van der Waals surface area contributed by atoms with Crippen LogP contribution in [-0.4, -0.2) is 16.3 Å². The van der Waals surface area contributed by atoms with Gasteiger partial charge in [-0.3, -0.25) is 0 Å². The molecule has 2 aromatic rings. The van der Waals surface area contributed by atoms with Gasteiger partial charge < -0.3 is 5.32 Å². The van der Waals surface area contributed by atoms with Gasteiger partial charge in [0.2, 0.25) is 0 Å². The standard InChI is InChI=1S/C15H17Cl2N3/c1-2-20-15-11(6-3-4-9-18-15)14(19-20)10-7-5-8-12(16)13(10)17/h5,7-8,18H,2-4,6,9H2,1H3. The molecule has 0 radical (unpaired) electrons. The summed E-state index contributed by atoms with van der Waals surface area (Å²) in [6, 6.07) is 5.72. The van der Waals surface area contributed by atoms with Crippen molar-refractivity contribution in [1.82, 2.24) is 9.78 Å². The second-order valence-corrected chi connectivity index (χ2v) is 5.76. The van der Waals surface area contributed by atoms with E-state index in [0.29, 0.717) is 10.0 Å². The van der Waals surface area contributed by atoms with Crippen molar-refractivity contribution in [3.05, 3.63) is 33.8 Å². The third kappa shape index (κ3) is 2.29. The number of halogens is 2. The van der Waals surface area contributed by atoms with Crippen molar-refractivity contribution in [3.63, 3.8) is 0 Å². The van der Waals surface area contributed by atoms with Gasteiger partial charge in [-0.05, 0) is 32.3 Å². The molecule has 5 heteroatoms. The lowest BCUT2D eigenvalue weighted by Crippen LogP contribution is -2.07. The van der Waals surface area contributed by atoms with E-state index in [1.165, 1.54) is 18.4 Å². The zero-order valence-electron chi connectivity index (χ0n) is 11.4. The summed E-state index contributed by atoms with van der Waals surface area (Å²) >= 11 is 12.5. The molecular formula is C15H17Cl2N3. The van der Waals surface area contributed by atoms with E-state index in [1.807, 2.05) is 16.8 Å². The van der Waals surface area contributed by atoms with Crippen LogP contribution in [0.15, 0.2) is 18.2 Å². The average molecular weight is 310 g/mol. The zero-order chi connectivity index (χ0) is 14.1. The Morgan fingerprint density at radius 1 is 1.30 bits per heavy atom.